The van der Waals surface area contributed by atoms with E-state index in [2.05, 4.69) is 20.9 Å². The molecule has 0 fully saturated rings. The van der Waals surface area contributed by atoms with Gasteiger partial charge in [-0.05, 0) is 36.5 Å². The molecule has 12 heteroatoms. The number of aromatic nitrogens is 1. The van der Waals surface area contributed by atoms with Crippen LogP contribution in [0, 0.1) is 0 Å². The molecule has 3 atom stereocenters. The summed E-state index contributed by atoms with van der Waals surface area (Å²) in [6.07, 6.45) is 4.12. The van der Waals surface area contributed by atoms with Gasteiger partial charge in [-0.25, -0.2) is 4.79 Å². The van der Waals surface area contributed by atoms with Crippen molar-refractivity contribution in [3.63, 3.8) is 0 Å². The Bertz CT molecular complexity index is 981. The molecule has 3 amide bonds. The van der Waals surface area contributed by atoms with E-state index in [1.165, 1.54) is 11.8 Å². The minimum Gasteiger partial charge on any atom is -0.480 e. The van der Waals surface area contributed by atoms with Crippen LogP contribution < -0.4 is 21.7 Å². The van der Waals surface area contributed by atoms with Crippen molar-refractivity contribution < 1.29 is 29.4 Å². The summed E-state index contributed by atoms with van der Waals surface area (Å²) >= 11 is 1.44. The number of aliphatic hydroxyl groups is 1. The first kappa shape index (κ1) is 26.2. The second-order valence-electron chi connectivity index (χ2n) is 7.37. The molecule has 0 aliphatic heterocycles. The van der Waals surface area contributed by atoms with Gasteiger partial charge in [0.05, 0.1) is 19.2 Å². The number of nitrogens with one attached hydrogen (secondary N) is 4. The molecule has 3 unspecified atom stereocenters. The quantitative estimate of drug-likeness (QED) is 0.190. The van der Waals surface area contributed by atoms with Gasteiger partial charge in [0.1, 0.15) is 12.1 Å². The van der Waals surface area contributed by atoms with Gasteiger partial charge in [-0.3, -0.25) is 14.4 Å². The fraction of sp³-hybridized carbons (Fsp3) is 0.429. The SMILES string of the molecule is CSCCC(NC(=O)CNC(=O)C(N)Cc1c[nH]c2ccccc12)C(=O)NC(CO)C(=O)O. The topological polar surface area (TPSA) is 187 Å². The summed E-state index contributed by atoms with van der Waals surface area (Å²) in [6, 6.07) is 4.24. The smallest absolute Gasteiger partial charge is 0.328 e. The standard InChI is InChI=1S/C21H29N5O6S/c1-33-7-6-16(20(30)26-17(11-27)21(31)32)25-18(28)10-24-19(29)14(22)8-12-9-23-15-5-3-2-4-13(12)15/h2-5,9,14,16-17,23,27H,6-8,10-11,22H2,1H3,(H,24,29)(H,25,28)(H,26,30)(H,31,32). The summed E-state index contributed by atoms with van der Waals surface area (Å²) in [5.41, 5.74) is 7.80. The molecule has 0 radical (unpaired) electrons. The Kier molecular flexibility index (Phi) is 10.2. The van der Waals surface area contributed by atoms with Crippen LogP contribution in [-0.2, 0) is 25.6 Å². The van der Waals surface area contributed by atoms with Crippen molar-refractivity contribution in [1.29, 1.82) is 0 Å². The summed E-state index contributed by atoms with van der Waals surface area (Å²) in [6.45, 7) is -1.18. The monoisotopic (exact) mass is 479 g/mol. The molecular formula is C21H29N5O6S. The number of aliphatic carboxylic acids is 1. The predicted octanol–water partition coefficient (Wildman–Crippen LogP) is -1.05. The number of aliphatic hydroxyl groups excluding tert-OH is 1. The van der Waals surface area contributed by atoms with Gasteiger partial charge in [-0.1, -0.05) is 18.2 Å². The van der Waals surface area contributed by atoms with Gasteiger partial charge in [0.2, 0.25) is 17.7 Å². The van der Waals surface area contributed by atoms with Crippen molar-refractivity contribution in [3.05, 3.63) is 36.0 Å². The molecule has 0 spiro atoms. The van der Waals surface area contributed by atoms with Crippen LogP contribution in [0.1, 0.15) is 12.0 Å². The summed E-state index contributed by atoms with van der Waals surface area (Å²) in [5, 5.41) is 26.1. The van der Waals surface area contributed by atoms with Crippen LogP contribution in [0.15, 0.2) is 30.5 Å². The maximum Gasteiger partial charge on any atom is 0.328 e. The molecule has 1 aromatic heterocycles. The van der Waals surface area contributed by atoms with Gasteiger partial charge in [0, 0.05) is 17.1 Å². The predicted molar refractivity (Wildman–Crippen MR) is 125 cm³/mol. The maximum atomic E-state index is 12.4. The van der Waals surface area contributed by atoms with Crippen LogP contribution in [0.5, 0.6) is 0 Å². The van der Waals surface area contributed by atoms with Crippen molar-refractivity contribution in [2.24, 2.45) is 5.73 Å². The second-order valence-corrected chi connectivity index (χ2v) is 8.36. The molecule has 0 aliphatic carbocycles. The maximum absolute atomic E-state index is 12.4. The fourth-order valence-electron chi connectivity index (χ4n) is 3.14. The summed E-state index contributed by atoms with van der Waals surface area (Å²) < 4.78 is 0. The Hall–Kier alpha value is -3.09. The minimum atomic E-state index is -1.48. The third-order valence-corrected chi connectivity index (χ3v) is 5.58. The molecule has 180 valence electrons. The molecule has 2 rings (SSSR count). The number of nitrogens with two attached hydrogens (primary N) is 1. The average molecular weight is 480 g/mol. The first-order valence-corrected chi connectivity index (χ1v) is 11.7. The molecule has 33 heavy (non-hydrogen) atoms. The van der Waals surface area contributed by atoms with Crippen LogP contribution in [0.3, 0.4) is 0 Å². The zero-order valence-corrected chi connectivity index (χ0v) is 19.0. The molecule has 0 saturated heterocycles. The Balaban J connectivity index is 1.88. The number of hydrogen-bond acceptors (Lipinski definition) is 7. The van der Waals surface area contributed by atoms with Gasteiger partial charge < -0.3 is 36.9 Å². The van der Waals surface area contributed by atoms with Crippen LogP contribution in [0.25, 0.3) is 10.9 Å². The largest absolute Gasteiger partial charge is 0.480 e. The van der Waals surface area contributed by atoms with Crippen molar-refractivity contribution in [2.75, 3.05) is 25.2 Å². The average Bonchev–Trinajstić information content (AvgIpc) is 3.20. The number of benzene rings is 1. The molecule has 2 aromatic rings. The lowest BCUT2D eigenvalue weighted by molar-refractivity contribution is -0.143. The number of carbonyl (C=O) groups is 4. The van der Waals surface area contributed by atoms with Gasteiger partial charge in [-0.15, -0.1) is 0 Å². The van der Waals surface area contributed by atoms with Gasteiger partial charge in [0.15, 0.2) is 0 Å². The summed E-state index contributed by atoms with van der Waals surface area (Å²) in [7, 11) is 0. The number of carbonyl (C=O) groups excluding carboxylic acids is 3. The molecule has 8 N–H and O–H groups in total. The van der Waals surface area contributed by atoms with Crippen LogP contribution >= 0.6 is 11.8 Å². The molecule has 0 saturated carbocycles. The van der Waals surface area contributed by atoms with Crippen LogP contribution in [-0.4, -0.2) is 82.2 Å². The number of aromatic amines is 1. The molecule has 1 heterocycles. The van der Waals surface area contributed by atoms with Crippen molar-refractivity contribution in [3.8, 4) is 0 Å². The van der Waals surface area contributed by atoms with Crippen molar-refractivity contribution >= 4 is 46.4 Å². The lowest BCUT2D eigenvalue weighted by Gasteiger charge is -2.20. The van der Waals surface area contributed by atoms with Crippen LogP contribution in [0.2, 0.25) is 0 Å². The zero-order chi connectivity index (χ0) is 24.4. The molecule has 11 nitrogen and oxygen atoms in total. The third-order valence-electron chi connectivity index (χ3n) is 4.93. The van der Waals surface area contributed by atoms with Crippen molar-refractivity contribution in [2.45, 2.75) is 31.0 Å². The number of hydrogen-bond donors (Lipinski definition) is 7. The number of carboxylic acids is 1. The number of thioether (sulfide) groups is 1. The van der Waals surface area contributed by atoms with Gasteiger partial charge in [0.25, 0.3) is 0 Å². The Morgan fingerprint density at radius 3 is 2.52 bits per heavy atom. The van der Waals surface area contributed by atoms with Gasteiger partial charge >= 0.3 is 5.97 Å². The summed E-state index contributed by atoms with van der Waals surface area (Å²) in [5.74, 6) is -2.75. The second kappa shape index (κ2) is 12.8. The van der Waals surface area contributed by atoms with E-state index < -0.39 is 55.0 Å². The van der Waals surface area contributed by atoms with Crippen molar-refractivity contribution in [1.82, 2.24) is 20.9 Å². The highest BCUT2D eigenvalue weighted by Crippen LogP contribution is 2.18. The van der Waals surface area contributed by atoms with Gasteiger partial charge in [-0.2, -0.15) is 11.8 Å². The number of carboxylic acid groups (broad SMARTS) is 1. The lowest BCUT2D eigenvalue weighted by atomic mass is 10.1. The number of fused-ring (bicyclic) bond motifs is 1. The minimum absolute atomic E-state index is 0.241. The molecule has 0 bridgehead atoms. The van der Waals surface area contributed by atoms with E-state index in [-0.39, 0.29) is 12.8 Å². The van der Waals surface area contributed by atoms with E-state index in [4.69, 9.17) is 15.9 Å². The Morgan fingerprint density at radius 2 is 1.85 bits per heavy atom. The summed E-state index contributed by atoms with van der Waals surface area (Å²) in [4.78, 5) is 51.2. The van der Waals surface area contributed by atoms with E-state index >= 15 is 0 Å². The zero-order valence-electron chi connectivity index (χ0n) is 18.2. The fourth-order valence-corrected chi connectivity index (χ4v) is 3.61. The van der Waals surface area contributed by atoms with E-state index in [0.717, 1.165) is 16.5 Å². The Labute approximate surface area is 194 Å². The molecule has 0 aliphatic rings. The van der Waals surface area contributed by atoms with Crippen LogP contribution in [0.4, 0.5) is 0 Å². The Morgan fingerprint density at radius 1 is 1.12 bits per heavy atom. The van der Waals surface area contributed by atoms with E-state index in [1.54, 1.807) is 6.20 Å². The van der Waals surface area contributed by atoms with E-state index in [9.17, 15) is 19.2 Å². The lowest BCUT2D eigenvalue weighted by Crippen LogP contribution is -2.54. The first-order valence-electron chi connectivity index (χ1n) is 10.3. The third kappa shape index (κ3) is 7.77. The molecular weight excluding hydrogens is 450 g/mol. The number of para-hydroxylation sites is 1. The highest BCUT2D eigenvalue weighted by Gasteiger charge is 2.26. The first-order chi connectivity index (χ1) is 15.8. The molecule has 1 aromatic carbocycles. The highest BCUT2D eigenvalue weighted by molar-refractivity contribution is 7.98. The number of rotatable bonds is 13. The highest BCUT2D eigenvalue weighted by atomic mass is 32.2. The number of H-pyrrole nitrogens is 1. The van der Waals surface area contributed by atoms with E-state index in [1.807, 2.05) is 30.5 Å². The van der Waals surface area contributed by atoms with E-state index in [0.29, 0.717) is 5.75 Å². The normalized spacial score (nSPS) is 13.7. The number of amides is 3.